The fraction of sp³-hybridized carbons (Fsp3) is 0.579. The molecule has 1 aromatic heterocycles. The van der Waals surface area contributed by atoms with Gasteiger partial charge >= 0.3 is 0 Å². The monoisotopic (exact) mass is 302 g/mol. The molecule has 1 atom stereocenters. The molecule has 0 saturated heterocycles. The largest absolute Gasteiger partial charge is 0.491 e. The molecule has 0 unspecified atom stereocenters. The highest BCUT2D eigenvalue weighted by molar-refractivity contribution is 5.87. The molecule has 1 aromatic carbocycles. The molecule has 0 spiro atoms. The van der Waals surface area contributed by atoms with Crippen molar-refractivity contribution in [2.45, 2.75) is 66.7 Å². The van der Waals surface area contributed by atoms with Crippen molar-refractivity contribution in [3.05, 3.63) is 29.5 Å². The number of ether oxygens (including phenoxy) is 1. The first-order valence-electron chi connectivity index (χ1n) is 8.61. The molecular formula is C19H30N2O. The van der Waals surface area contributed by atoms with Gasteiger partial charge in [0.1, 0.15) is 5.75 Å². The van der Waals surface area contributed by atoms with Gasteiger partial charge in [0.05, 0.1) is 6.10 Å². The maximum atomic E-state index is 6.01. The SMILES string of the molecule is CCCn1c(C)c(CNCC)c2cc(O[C@@H](C)CC)ccc21. The van der Waals surface area contributed by atoms with Crippen LogP contribution in [0.15, 0.2) is 18.2 Å². The third kappa shape index (κ3) is 3.46. The van der Waals surface area contributed by atoms with E-state index in [2.05, 4.69) is 62.7 Å². The maximum Gasteiger partial charge on any atom is 0.120 e. The highest BCUT2D eigenvalue weighted by Gasteiger charge is 2.14. The standard InChI is InChI=1S/C19H30N2O/c1-6-11-21-15(5)18(13-20-8-3)17-12-16(9-10-19(17)21)22-14(4)7-2/h9-10,12,14,20H,6-8,11,13H2,1-5H3/t14-/m0/s1. The van der Waals surface area contributed by atoms with Crippen LogP contribution >= 0.6 is 0 Å². The van der Waals surface area contributed by atoms with Gasteiger partial charge in [-0.05, 0) is 57.0 Å². The van der Waals surface area contributed by atoms with Gasteiger partial charge in [-0.3, -0.25) is 0 Å². The molecule has 1 N–H and O–H groups in total. The quantitative estimate of drug-likeness (QED) is 0.768. The topological polar surface area (TPSA) is 26.2 Å². The molecule has 122 valence electrons. The number of benzene rings is 1. The Morgan fingerprint density at radius 3 is 2.64 bits per heavy atom. The molecule has 3 heteroatoms. The summed E-state index contributed by atoms with van der Waals surface area (Å²) in [6, 6.07) is 6.54. The second-order valence-corrected chi connectivity index (χ2v) is 6.01. The molecule has 0 amide bonds. The Hall–Kier alpha value is -1.48. The van der Waals surface area contributed by atoms with Gasteiger partial charge in [0.15, 0.2) is 0 Å². The molecule has 2 aromatic rings. The summed E-state index contributed by atoms with van der Waals surface area (Å²) in [4.78, 5) is 0. The fourth-order valence-corrected chi connectivity index (χ4v) is 2.90. The van der Waals surface area contributed by atoms with Gasteiger partial charge in [0.2, 0.25) is 0 Å². The first-order chi connectivity index (χ1) is 10.6. The lowest BCUT2D eigenvalue weighted by atomic mass is 10.1. The van der Waals surface area contributed by atoms with Gasteiger partial charge in [0.25, 0.3) is 0 Å². The Labute approximate surface area is 134 Å². The zero-order valence-corrected chi connectivity index (χ0v) is 14.7. The molecule has 0 saturated carbocycles. The lowest BCUT2D eigenvalue weighted by Gasteiger charge is -2.13. The van der Waals surface area contributed by atoms with E-state index in [4.69, 9.17) is 4.74 Å². The van der Waals surface area contributed by atoms with Gasteiger partial charge in [-0.1, -0.05) is 20.8 Å². The van der Waals surface area contributed by atoms with Crippen LogP contribution in [0.3, 0.4) is 0 Å². The van der Waals surface area contributed by atoms with Gasteiger partial charge in [-0.25, -0.2) is 0 Å². The van der Waals surface area contributed by atoms with Crippen LogP contribution in [0, 0.1) is 6.92 Å². The lowest BCUT2D eigenvalue weighted by molar-refractivity contribution is 0.217. The van der Waals surface area contributed by atoms with E-state index in [1.54, 1.807) is 0 Å². The van der Waals surface area contributed by atoms with Crippen LogP contribution in [-0.4, -0.2) is 17.2 Å². The van der Waals surface area contributed by atoms with Crippen molar-refractivity contribution in [1.82, 2.24) is 9.88 Å². The van der Waals surface area contributed by atoms with Crippen molar-refractivity contribution in [3.8, 4) is 5.75 Å². The summed E-state index contributed by atoms with van der Waals surface area (Å²) in [5.41, 5.74) is 4.10. The Morgan fingerprint density at radius 2 is 2.00 bits per heavy atom. The average Bonchev–Trinajstić information content (AvgIpc) is 2.77. The van der Waals surface area contributed by atoms with Crippen molar-refractivity contribution < 1.29 is 4.74 Å². The van der Waals surface area contributed by atoms with E-state index in [9.17, 15) is 0 Å². The fourth-order valence-electron chi connectivity index (χ4n) is 2.90. The van der Waals surface area contributed by atoms with Crippen molar-refractivity contribution >= 4 is 10.9 Å². The highest BCUT2D eigenvalue weighted by atomic mass is 16.5. The van der Waals surface area contributed by atoms with E-state index >= 15 is 0 Å². The molecule has 3 nitrogen and oxygen atoms in total. The van der Waals surface area contributed by atoms with Gasteiger partial charge < -0.3 is 14.6 Å². The van der Waals surface area contributed by atoms with E-state index in [0.717, 1.165) is 38.2 Å². The van der Waals surface area contributed by atoms with E-state index in [1.807, 2.05) is 0 Å². The van der Waals surface area contributed by atoms with Crippen molar-refractivity contribution in [2.24, 2.45) is 0 Å². The van der Waals surface area contributed by atoms with E-state index in [1.165, 1.54) is 22.2 Å². The summed E-state index contributed by atoms with van der Waals surface area (Å²) >= 11 is 0. The second kappa shape index (κ2) is 7.68. The predicted octanol–water partition coefficient (Wildman–Crippen LogP) is 4.65. The Kier molecular flexibility index (Phi) is 5.90. The molecule has 0 bridgehead atoms. The minimum absolute atomic E-state index is 0.258. The van der Waals surface area contributed by atoms with Gasteiger partial charge in [0, 0.05) is 29.7 Å². The molecule has 0 radical (unpaired) electrons. The molecule has 0 aliphatic rings. The number of hydrogen-bond acceptors (Lipinski definition) is 2. The van der Waals surface area contributed by atoms with Crippen molar-refractivity contribution in [2.75, 3.05) is 6.54 Å². The second-order valence-electron chi connectivity index (χ2n) is 6.01. The predicted molar refractivity (Wildman–Crippen MR) is 94.7 cm³/mol. The number of nitrogens with one attached hydrogen (secondary N) is 1. The third-order valence-corrected chi connectivity index (χ3v) is 4.34. The summed E-state index contributed by atoms with van der Waals surface area (Å²) in [6.45, 7) is 13.9. The summed E-state index contributed by atoms with van der Waals surface area (Å²) in [6.07, 6.45) is 2.43. The number of aryl methyl sites for hydroxylation is 1. The minimum atomic E-state index is 0.258. The van der Waals surface area contributed by atoms with Gasteiger partial charge in [-0.15, -0.1) is 0 Å². The zero-order chi connectivity index (χ0) is 16.1. The van der Waals surface area contributed by atoms with E-state index in [0.29, 0.717) is 0 Å². The highest BCUT2D eigenvalue weighted by Crippen LogP contribution is 2.30. The number of aromatic nitrogens is 1. The van der Waals surface area contributed by atoms with Crippen LogP contribution in [0.25, 0.3) is 10.9 Å². The van der Waals surface area contributed by atoms with Crippen LogP contribution in [-0.2, 0) is 13.1 Å². The van der Waals surface area contributed by atoms with Crippen LogP contribution in [0.1, 0.15) is 51.8 Å². The number of rotatable bonds is 8. The van der Waals surface area contributed by atoms with Crippen LogP contribution < -0.4 is 10.1 Å². The number of nitrogens with zero attached hydrogens (tertiary/aromatic N) is 1. The maximum absolute atomic E-state index is 6.01. The summed E-state index contributed by atoms with van der Waals surface area (Å²) in [5.74, 6) is 0.980. The smallest absolute Gasteiger partial charge is 0.120 e. The number of fused-ring (bicyclic) bond motifs is 1. The molecule has 0 fully saturated rings. The summed E-state index contributed by atoms with van der Waals surface area (Å²) < 4.78 is 8.45. The van der Waals surface area contributed by atoms with Gasteiger partial charge in [-0.2, -0.15) is 0 Å². The third-order valence-electron chi connectivity index (χ3n) is 4.34. The Balaban J connectivity index is 2.47. The molecule has 2 rings (SSSR count). The number of hydrogen-bond donors (Lipinski definition) is 1. The minimum Gasteiger partial charge on any atom is -0.491 e. The van der Waals surface area contributed by atoms with Crippen LogP contribution in [0.5, 0.6) is 5.75 Å². The zero-order valence-electron chi connectivity index (χ0n) is 14.7. The van der Waals surface area contributed by atoms with Crippen molar-refractivity contribution in [3.63, 3.8) is 0 Å². The average molecular weight is 302 g/mol. The van der Waals surface area contributed by atoms with E-state index < -0.39 is 0 Å². The van der Waals surface area contributed by atoms with Crippen molar-refractivity contribution in [1.29, 1.82) is 0 Å². The molecule has 1 heterocycles. The Morgan fingerprint density at radius 1 is 1.23 bits per heavy atom. The molecular weight excluding hydrogens is 272 g/mol. The first-order valence-corrected chi connectivity index (χ1v) is 8.61. The summed E-state index contributed by atoms with van der Waals surface area (Å²) in [5, 5.41) is 4.80. The lowest BCUT2D eigenvalue weighted by Crippen LogP contribution is -2.13. The summed E-state index contributed by atoms with van der Waals surface area (Å²) in [7, 11) is 0. The first kappa shape index (κ1) is 16.9. The van der Waals surface area contributed by atoms with E-state index in [-0.39, 0.29) is 6.10 Å². The Bertz CT molecular complexity index is 615. The molecule has 0 aliphatic heterocycles. The molecule has 0 aliphatic carbocycles. The van der Waals surface area contributed by atoms with Crippen LogP contribution in [0.2, 0.25) is 0 Å². The molecule has 22 heavy (non-hydrogen) atoms. The van der Waals surface area contributed by atoms with Crippen LogP contribution in [0.4, 0.5) is 0 Å². The normalized spacial score (nSPS) is 12.8.